The summed E-state index contributed by atoms with van der Waals surface area (Å²) in [7, 11) is 0. The molecule has 20 heavy (non-hydrogen) atoms. The molecular weight excluding hydrogens is 277 g/mol. The first-order chi connectivity index (χ1) is 9.61. The number of benzene rings is 2. The van der Waals surface area contributed by atoms with Crippen LogP contribution < -0.4 is 4.90 Å². The topological polar surface area (TPSA) is 23.5 Å². The predicted octanol–water partition coefficient (Wildman–Crippen LogP) is 3.87. The molecule has 1 N–H and O–H groups in total. The quantitative estimate of drug-likeness (QED) is 0.905. The lowest BCUT2D eigenvalue weighted by atomic mass is 10.1. The zero-order chi connectivity index (χ0) is 14.5. The maximum atomic E-state index is 13.3. The first-order valence-electron chi connectivity index (χ1n) is 6.48. The van der Waals surface area contributed by atoms with Crippen LogP contribution in [0.4, 0.5) is 10.1 Å². The molecule has 0 aliphatic rings. The molecule has 0 bridgehead atoms. The maximum absolute atomic E-state index is 13.3. The van der Waals surface area contributed by atoms with Crippen molar-refractivity contribution in [2.75, 3.05) is 11.5 Å². The van der Waals surface area contributed by atoms with Gasteiger partial charge >= 0.3 is 0 Å². The Balaban J connectivity index is 2.29. The molecule has 2 nitrogen and oxygen atoms in total. The van der Waals surface area contributed by atoms with Gasteiger partial charge in [0.2, 0.25) is 0 Å². The summed E-state index contributed by atoms with van der Waals surface area (Å²) in [5.41, 5.74) is 1.91. The number of halogens is 2. The number of hydrogen-bond acceptors (Lipinski definition) is 2. The second-order valence-corrected chi connectivity index (χ2v) is 5.15. The van der Waals surface area contributed by atoms with Crippen LogP contribution in [-0.4, -0.2) is 17.8 Å². The third-order valence-electron chi connectivity index (χ3n) is 3.23. The molecule has 0 saturated heterocycles. The summed E-state index contributed by atoms with van der Waals surface area (Å²) in [6.07, 6.45) is 0. The van der Waals surface area contributed by atoms with E-state index in [1.807, 2.05) is 42.2 Å². The van der Waals surface area contributed by atoms with Gasteiger partial charge in [0, 0.05) is 18.3 Å². The first kappa shape index (κ1) is 14.8. The van der Waals surface area contributed by atoms with Crippen molar-refractivity contribution >= 4 is 17.3 Å². The molecule has 2 aromatic rings. The molecule has 0 radical (unpaired) electrons. The molecule has 0 spiro atoms. The lowest BCUT2D eigenvalue weighted by molar-refractivity contribution is 0.266. The van der Waals surface area contributed by atoms with Gasteiger partial charge in [-0.3, -0.25) is 0 Å². The third-order valence-corrected chi connectivity index (χ3v) is 3.52. The molecule has 1 unspecified atom stereocenters. The summed E-state index contributed by atoms with van der Waals surface area (Å²) in [4.78, 5) is 2.00. The molecule has 0 aliphatic heterocycles. The number of anilines is 1. The standard InChI is InChI=1S/C16H17ClFNO/c1-12(11-20)19(10-13-5-3-2-4-6-13)14-7-8-16(18)15(17)9-14/h2-9,12,20H,10-11H2,1H3. The van der Waals surface area contributed by atoms with Crippen molar-refractivity contribution < 1.29 is 9.50 Å². The Bertz CT molecular complexity index is 562. The molecule has 2 aromatic carbocycles. The lowest BCUT2D eigenvalue weighted by Gasteiger charge is -2.30. The molecule has 0 amide bonds. The SMILES string of the molecule is CC(CO)N(Cc1ccccc1)c1ccc(F)c(Cl)c1. The number of nitrogens with zero attached hydrogens (tertiary/aromatic N) is 1. The van der Waals surface area contributed by atoms with Crippen molar-refractivity contribution in [3.8, 4) is 0 Å². The Morgan fingerprint density at radius 3 is 2.50 bits per heavy atom. The van der Waals surface area contributed by atoms with Crippen LogP contribution in [0.1, 0.15) is 12.5 Å². The highest BCUT2D eigenvalue weighted by molar-refractivity contribution is 6.31. The minimum absolute atomic E-state index is 0.0157. The van der Waals surface area contributed by atoms with Gasteiger partial charge in [-0.05, 0) is 30.7 Å². The largest absolute Gasteiger partial charge is 0.394 e. The average molecular weight is 294 g/mol. The molecular formula is C16H17ClFNO. The van der Waals surface area contributed by atoms with Crippen LogP contribution >= 0.6 is 11.6 Å². The summed E-state index contributed by atoms with van der Waals surface area (Å²) < 4.78 is 13.3. The van der Waals surface area contributed by atoms with Crippen molar-refractivity contribution in [3.63, 3.8) is 0 Å². The number of aliphatic hydroxyl groups excluding tert-OH is 1. The van der Waals surface area contributed by atoms with Gasteiger partial charge in [0.1, 0.15) is 5.82 Å². The molecule has 0 heterocycles. The van der Waals surface area contributed by atoms with Gasteiger partial charge in [-0.1, -0.05) is 41.9 Å². The minimum Gasteiger partial charge on any atom is -0.394 e. The Labute approximate surface area is 123 Å². The van der Waals surface area contributed by atoms with Crippen molar-refractivity contribution in [1.29, 1.82) is 0 Å². The number of hydrogen-bond donors (Lipinski definition) is 1. The van der Waals surface area contributed by atoms with Gasteiger partial charge < -0.3 is 10.0 Å². The Morgan fingerprint density at radius 2 is 1.90 bits per heavy atom. The zero-order valence-electron chi connectivity index (χ0n) is 11.3. The Kier molecular flexibility index (Phi) is 4.99. The fraction of sp³-hybridized carbons (Fsp3) is 0.250. The van der Waals surface area contributed by atoms with Gasteiger partial charge in [-0.25, -0.2) is 4.39 Å². The summed E-state index contributed by atoms with van der Waals surface area (Å²) in [6, 6.07) is 14.4. The summed E-state index contributed by atoms with van der Waals surface area (Å²) in [5, 5.41) is 9.51. The van der Waals surface area contributed by atoms with Crippen molar-refractivity contribution in [2.45, 2.75) is 19.5 Å². The molecule has 0 aromatic heterocycles. The molecule has 4 heteroatoms. The van der Waals surface area contributed by atoms with Crippen molar-refractivity contribution in [1.82, 2.24) is 0 Å². The second-order valence-electron chi connectivity index (χ2n) is 4.74. The molecule has 2 rings (SSSR count). The molecule has 0 fully saturated rings. The van der Waals surface area contributed by atoms with Gasteiger partial charge in [0.15, 0.2) is 0 Å². The molecule has 106 valence electrons. The zero-order valence-corrected chi connectivity index (χ0v) is 12.0. The van der Waals surface area contributed by atoms with E-state index in [1.165, 1.54) is 6.07 Å². The van der Waals surface area contributed by atoms with E-state index in [9.17, 15) is 9.50 Å². The Morgan fingerprint density at radius 1 is 1.20 bits per heavy atom. The Hall–Kier alpha value is -1.58. The van der Waals surface area contributed by atoms with E-state index in [1.54, 1.807) is 12.1 Å². The third kappa shape index (κ3) is 3.50. The monoisotopic (exact) mass is 293 g/mol. The summed E-state index contributed by atoms with van der Waals surface area (Å²) in [5.74, 6) is -0.438. The van der Waals surface area contributed by atoms with Crippen LogP contribution in [0.2, 0.25) is 5.02 Å². The summed E-state index contributed by atoms with van der Waals surface area (Å²) in [6.45, 7) is 2.56. The van der Waals surface area contributed by atoms with E-state index < -0.39 is 5.82 Å². The van der Waals surface area contributed by atoms with E-state index in [2.05, 4.69) is 0 Å². The van der Waals surface area contributed by atoms with Crippen LogP contribution in [0.15, 0.2) is 48.5 Å². The van der Waals surface area contributed by atoms with Gasteiger partial charge in [0.25, 0.3) is 0 Å². The predicted molar refractivity (Wildman–Crippen MR) is 80.6 cm³/mol. The fourth-order valence-electron chi connectivity index (χ4n) is 2.04. The summed E-state index contributed by atoms with van der Waals surface area (Å²) >= 11 is 5.84. The lowest BCUT2D eigenvalue weighted by Crippen LogP contribution is -2.35. The first-order valence-corrected chi connectivity index (χ1v) is 6.86. The van der Waals surface area contributed by atoms with E-state index >= 15 is 0 Å². The van der Waals surface area contributed by atoms with Crippen LogP contribution in [0.5, 0.6) is 0 Å². The van der Waals surface area contributed by atoms with Gasteiger partial charge in [-0.2, -0.15) is 0 Å². The van der Waals surface area contributed by atoms with E-state index in [0.29, 0.717) is 6.54 Å². The number of aliphatic hydroxyl groups is 1. The molecule has 0 aliphatic carbocycles. The normalized spacial score (nSPS) is 12.2. The smallest absolute Gasteiger partial charge is 0.141 e. The van der Waals surface area contributed by atoms with Crippen molar-refractivity contribution in [3.05, 3.63) is 64.9 Å². The van der Waals surface area contributed by atoms with E-state index in [-0.39, 0.29) is 17.7 Å². The van der Waals surface area contributed by atoms with Gasteiger partial charge in [-0.15, -0.1) is 0 Å². The van der Waals surface area contributed by atoms with Crippen LogP contribution in [0.25, 0.3) is 0 Å². The highest BCUT2D eigenvalue weighted by atomic mass is 35.5. The van der Waals surface area contributed by atoms with E-state index in [4.69, 9.17) is 11.6 Å². The highest BCUT2D eigenvalue weighted by Gasteiger charge is 2.15. The maximum Gasteiger partial charge on any atom is 0.141 e. The minimum atomic E-state index is -0.438. The van der Waals surface area contributed by atoms with Crippen LogP contribution in [-0.2, 0) is 6.54 Å². The van der Waals surface area contributed by atoms with Crippen LogP contribution in [0.3, 0.4) is 0 Å². The fourth-order valence-corrected chi connectivity index (χ4v) is 2.22. The molecule has 1 atom stereocenters. The van der Waals surface area contributed by atoms with E-state index in [0.717, 1.165) is 11.3 Å². The highest BCUT2D eigenvalue weighted by Crippen LogP contribution is 2.25. The second kappa shape index (κ2) is 6.73. The van der Waals surface area contributed by atoms with Crippen molar-refractivity contribution in [2.24, 2.45) is 0 Å². The number of rotatable bonds is 5. The average Bonchev–Trinajstić information content (AvgIpc) is 2.48. The van der Waals surface area contributed by atoms with Crippen LogP contribution in [0, 0.1) is 5.82 Å². The molecule has 0 saturated carbocycles. The van der Waals surface area contributed by atoms with Gasteiger partial charge in [0.05, 0.1) is 11.6 Å².